The first-order valence-corrected chi connectivity index (χ1v) is 9.46. The van der Waals surface area contributed by atoms with Gasteiger partial charge in [-0.2, -0.15) is 4.98 Å². The molecule has 28 heavy (non-hydrogen) atoms. The number of rotatable bonds is 5. The van der Waals surface area contributed by atoms with Crippen molar-refractivity contribution in [3.05, 3.63) is 77.9 Å². The van der Waals surface area contributed by atoms with Crippen molar-refractivity contribution in [3.63, 3.8) is 0 Å². The largest absolute Gasteiger partial charge is 0.324 e. The third-order valence-electron chi connectivity index (χ3n) is 4.54. The second-order valence-electron chi connectivity index (χ2n) is 7.28. The van der Waals surface area contributed by atoms with Crippen LogP contribution in [0.1, 0.15) is 37.4 Å². The average Bonchev–Trinajstić information content (AvgIpc) is 3.10. The summed E-state index contributed by atoms with van der Waals surface area (Å²) in [7, 11) is 0. The van der Waals surface area contributed by atoms with Crippen LogP contribution < -0.4 is 10.6 Å². The molecule has 6 nitrogen and oxygen atoms in total. The highest BCUT2D eigenvalue weighted by Gasteiger charge is 2.25. The molecular formula is C22H23N5O. The molecule has 0 saturated heterocycles. The molecule has 142 valence electrons. The van der Waals surface area contributed by atoms with E-state index in [2.05, 4.69) is 51.1 Å². The highest BCUT2D eigenvalue weighted by Crippen LogP contribution is 2.33. The van der Waals surface area contributed by atoms with Gasteiger partial charge < -0.3 is 5.32 Å². The molecule has 4 rings (SSSR count). The molecule has 2 heterocycles. The van der Waals surface area contributed by atoms with Crippen LogP contribution in [0.15, 0.2) is 66.7 Å². The Morgan fingerprint density at radius 2 is 1.79 bits per heavy atom. The standard InChI is InChI=1S/C22H23N5O/c1-15(2)13-20(28)24-21-25-22-23-18(16-9-5-3-6-10-16)14-19(27(22)26-21)17-11-7-4-8-12-17/h3-12,14-15,19H,13H2,1-2H3,(H2,23,24,25,26,28)/t19-/m1/s1. The molecule has 0 saturated carbocycles. The summed E-state index contributed by atoms with van der Waals surface area (Å²) in [6.45, 7) is 4.02. The molecule has 1 aromatic heterocycles. The Morgan fingerprint density at radius 3 is 2.46 bits per heavy atom. The van der Waals surface area contributed by atoms with Crippen molar-refractivity contribution in [1.29, 1.82) is 0 Å². The van der Waals surface area contributed by atoms with Gasteiger partial charge >= 0.3 is 0 Å². The summed E-state index contributed by atoms with van der Waals surface area (Å²) in [5.41, 5.74) is 3.14. The van der Waals surface area contributed by atoms with Gasteiger partial charge in [-0.1, -0.05) is 74.5 Å². The van der Waals surface area contributed by atoms with Gasteiger partial charge in [-0.05, 0) is 23.1 Å². The molecule has 0 unspecified atom stereocenters. The summed E-state index contributed by atoms with van der Waals surface area (Å²) in [4.78, 5) is 16.7. The van der Waals surface area contributed by atoms with E-state index in [0.29, 0.717) is 18.3 Å². The maximum absolute atomic E-state index is 12.1. The summed E-state index contributed by atoms with van der Waals surface area (Å²) < 4.78 is 1.81. The molecule has 1 atom stereocenters. The number of aromatic nitrogens is 3. The van der Waals surface area contributed by atoms with Gasteiger partial charge in [0.15, 0.2) is 0 Å². The minimum Gasteiger partial charge on any atom is -0.324 e. The van der Waals surface area contributed by atoms with Gasteiger partial charge in [-0.3, -0.25) is 10.1 Å². The molecule has 0 bridgehead atoms. The summed E-state index contributed by atoms with van der Waals surface area (Å²) >= 11 is 0. The molecule has 3 aromatic rings. The lowest BCUT2D eigenvalue weighted by Crippen LogP contribution is -2.20. The highest BCUT2D eigenvalue weighted by atomic mass is 16.1. The first kappa shape index (κ1) is 18.0. The lowest BCUT2D eigenvalue weighted by molar-refractivity contribution is -0.116. The molecule has 2 aromatic carbocycles. The molecule has 0 fully saturated rings. The Labute approximate surface area is 164 Å². The molecule has 6 heteroatoms. The van der Waals surface area contributed by atoms with Crippen molar-refractivity contribution < 1.29 is 4.79 Å². The lowest BCUT2D eigenvalue weighted by atomic mass is 10.0. The van der Waals surface area contributed by atoms with Gasteiger partial charge in [-0.25, -0.2) is 4.68 Å². The smallest absolute Gasteiger partial charge is 0.250 e. The van der Waals surface area contributed by atoms with Gasteiger partial charge in [0, 0.05) is 12.1 Å². The fraction of sp³-hybridized carbons (Fsp3) is 0.227. The van der Waals surface area contributed by atoms with Gasteiger partial charge in [0.05, 0.1) is 0 Å². The maximum Gasteiger partial charge on any atom is 0.250 e. The topological polar surface area (TPSA) is 71.8 Å². The maximum atomic E-state index is 12.1. The third kappa shape index (κ3) is 3.81. The predicted octanol–water partition coefficient (Wildman–Crippen LogP) is 4.32. The van der Waals surface area contributed by atoms with Crippen molar-refractivity contribution in [2.45, 2.75) is 26.3 Å². The summed E-state index contributed by atoms with van der Waals surface area (Å²) in [5, 5.41) is 10.7. The fourth-order valence-corrected chi connectivity index (χ4v) is 3.27. The van der Waals surface area contributed by atoms with Crippen LogP contribution >= 0.6 is 0 Å². The van der Waals surface area contributed by atoms with E-state index in [1.807, 2.05) is 54.9 Å². The van der Waals surface area contributed by atoms with Gasteiger partial charge in [0.25, 0.3) is 5.95 Å². The Balaban J connectivity index is 1.70. The number of amides is 1. The lowest BCUT2D eigenvalue weighted by Gasteiger charge is -2.24. The molecular weight excluding hydrogens is 350 g/mol. The van der Waals surface area contributed by atoms with Crippen LogP contribution in [0.5, 0.6) is 0 Å². The number of nitrogens with one attached hydrogen (secondary N) is 2. The van der Waals surface area contributed by atoms with Gasteiger partial charge in [-0.15, -0.1) is 5.10 Å². The number of hydrogen-bond acceptors (Lipinski definition) is 4. The molecule has 1 aliphatic rings. The molecule has 1 aliphatic heterocycles. The zero-order valence-corrected chi connectivity index (χ0v) is 16.0. The third-order valence-corrected chi connectivity index (χ3v) is 4.54. The van der Waals surface area contributed by atoms with E-state index in [9.17, 15) is 4.79 Å². The van der Waals surface area contributed by atoms with E-state index < -0.39 is 0 Å². The highest BCUT2D eigenvalue weighted by molar-refractivity contribution is 5.89. The molecule has 0 spiro atoms. The monoisotopic (exact) mass is 373 g/mol. The van der Waals surface area contributed by atoms with E-state index in [4.69, 9.17) is 0 Å². The SMILES string of the molecule is CC(C)CC(=O)Nc1nc2n(n1)[C@@H](c1ccccc1)C=C(c1ccccc1)N2. The Morgan fingerprint density at radius 1 is 1.11 bits per heavy atom. The first-order chi connectivity index (χ1) is 13.6. The van der Waals surface area contributed by atoms with E-state index in [-0.39, 0.29) is 17.9 Å². The number of fused-ring (bicyclic) bond motifs is 1. The van der Waals surface area contributed by atoms with Crippen molar-refractivity contribution in [3.8, 4) is 0 Å². The van der Waals surface area contributed by atoms with Gasteiger partial charge in [0.1, 0.15) is 6.04 Å². The van der Waals surface area contributed by atoms with E-state index in [0.717, 1.165) is 16.8 Å². The zero-order chi connectivity index (χ0) is 19.5. The van der Waals surface area contributed by atoms with Crippen LogP contribution in [-0.2, 0) is 4.79 Å². The van der Waals surface area contributed by atoms with Crippen molar-refractivity contribution in [1.82, 2.24) is 14.8 Å². The van der Waals surface area contributed by atoms with E-state index >= 15 is 0 Å². The van der Waals surface area contributed by atoms with Gasteiger partial charge in [0.2, 0.25) is 11.9 Å². The normalized spacial score (nSPS) is 15.5. The van der Waals surface area contributed by atoms with Crippen molar-refractivity contribution in [2.75, 3.05) is 10.6 Å². The second-order valence-corrected chi connectivity index (χ2v) is 7.28. The number of nitrogens with zero attached hydrogens (tertiary/aromatic N) is 3. The van der Waals surface area contributed by atoms with Crippen molar-refractivity contribution >= 4 is 23.5 Å². The molecule has 1 amide bonds. The van der Waals surface area contributed by atoms with Crippen LogP contribution in [0.25, 0.3) is 5.70 Å². The minimum absolute atomic E-state index is 0.0783. The number of anilines is 2. The number of carbonyl (C=O) groups excluding carboxylic acids is 1. The average molecular weight is 373 g/mol. The van der Waals surface area contributed by atoms with Crippen LogP contribution in [0.3, 0.4) is 0 Å². The quantitative estimate of drug-likeness (QED) is 0.699. The summed E-state index contributed by atoms with van der Waals surface area (Å²) in [5.74, 6) is 1.12. The predicted molar refractivity (Wildman–Crippen MR) is 111 cm³/mol. The zero-order valence-electron chi connectivity index (χ0n) is 16.0. The number of allylic oxidation sites excluding steroid dienone is 1. The first-order valence-electron chi connectivity index (χ1n) is 9.46. The van der Waals surface area contributed by atoms with E-state index in [1.165, 1.54) is 0 Å². The van der Waals surface area contributed by atoms with E-state index in [1.54, 1.807) is 0 Å². The second kappa shape index (κ2) is 7.68. The molecule has 0 aliphatic carbocycles. The minimum atomic E-state index is -0.115. The van der Waals surface area contributed by atoms with Crippen molar-refractivity contribution in [2.24, 2.45) is 5.92 Å². The molecule has 0 radical (unpaired) electrons. The Bertz CT molecular complexity index is 992. The number of hydrogen-bond donors (Lipinski definition) is 2. The summed E-state index contributed by atoms with van der Waals surface area (Å²) in [6.07, 6.45) is 2.57. The van der Waals surface area contributed by atoms with Crippen LogP contribution in [0.4, 0.5) is 11.9 Å². The van der Waals surface area contributed by atoms with Crippen LogP contribution in [0.2, 0.25) is 0 Å². The fourth-order valence-electron chi connectivity index (χ4n) is 3.27. The molecule has 2 N–H and O–H groups in total. The Hall–Kier alpha value is -3.41. The number of benzene rings is 2. The summed E-state index contributed by atoms with van der Waals surface area (Å²) in [6, 6.07) is 20.1. The van der Waals surface area contributed by atoms with Crippen LogP contribution in [0, 0.1) is 5.92 Å². The van der Waals surface area contributed by atoms with Crippen LogP contribution in [-0.4, -0.2) is 20.7 Å². The number of carbonyl (C=O) groups is 1. The Kier molecular flexibility index (Phi) is 4.93.